The molecule has 0 saturated carbocycles. The molecule has 122 valence electrons. The molecule has 1 aliphatic heterocycles. The number of esters is 1. The number of likely N-dealkylation sites (tertiary alicyclic amines) is 1. The highest BCUT2D eigenvalue weighted by molar-refractivity contribution is 5.98. The summed E-state index contributed by atoms with van der Waals surface area (Å²) in [6.07, 6.45) is 1.86. The quantitative estimate of drug-likeness (QED) is 0.576. The van der Waals surface area contributed by atoms with Gasteiger partial charge in [-0.05, 0) is 31.1 Å². The molecule has 1 aliphatic rings. The van der Waals surface area contributed by atoms with Gasteiger partial charge in [-0.25, -0.2) is 0 Å². The van der Waals surface area contributed by atoms with Crippen LogP contribution >= 0.6 is 0 Å². The molecule has 0 aliphatic carbocycles. The van der Waals surface area contributed by atoms with E-state index in [0.29, 0.717) is 25.6 Å². The third-order valence-corrected chi connectivity index (χ3v) is 3.96. The number of piperidine rings is 1. The Morgan fingerprint density at radius 2 is 1.81 bits per heavy atom. The lowest BCUT2D eigenvalue weighted by molar-refractivity contribution is -0.161. The number of carbonyl (C=O) groups is 2. The zero-order valence-electron chi connectivity index (χ0n) is 14.0. The van der Waals surface area contributed by atoms with Crippen LogP contribution in [0, 0.1) is 17.3 Å². The average Bonchev–Trinajstić information content (AvgIpc) is 2.38. The van der Waals surface area contributed by atoms with Crippen LogP contribution in [0.4, 0.5) is 0 Å². The van der Waals surface area contributed by atoms with Gasteiger partial charge in [-0.2, -0.15) is 0 Å². The summed E-state index contributed by atoms with van der Waals surface area (Å²) >= 11 is 0. The van der Waals surface area contributed by atoms with Crippen molar-refractivity contribution in [2.24, 2.45) is 17.3 Å². The minimum absolute atomic E-state index is 0.100. The summed E-state index contributed by atoms with van der Waals surface area (Å²) in [5.74, 6) is -0.725. The number of hydrogen-bond acceptors (Lipinski definition) is 4. The van der Waals surface area contributed by atoms with Crippen molar-refractivity contribution in [1.82, 2.24) is 4.90 Å². The van der Waals surface area contributed by atoms with Crippen LogP contribution < -0.4 is 0 Å². The maximum Gasteiger partial charge on any atom is 0.319 e. The highest BCUT2D eigenvalue weighted by Crippen LogP contribution is 2.30. The zero-order chi connectivity index (χ0) is 16.0. The molecule has 5 nitrogen and oxygen atoms in total. The van der Waals surface area contributed by atoms with Crippen LogP contribution in [0.5, 0.6) is 0 Å². The fourth-order valence-electron chi connectivity index (χ4n) is 2.79. The summed E-state index contributed by atoms with van der Waals surface area (Å²) in [6, 6.07) is 0. The van der Waals surface area contributed by atoms with Crippen molar-refractivity contribution in [3.8, 4) is 0 Å². The molecule has 0 aromatic heterocycles. The second-order valence-corrected chi connectivity index (χ2v) is 6.78. The molecule has 1 fully saturated rings. The summed E-state index contributed by atoms with van der Waals surface area (Å²) in [6.45, 7) is 9.91. The first-order chi connectivity index (χ1) is 9.81. The Kier molecular flexibility index (Phi) is 6.65. The third kappa shape index (κ3) is 4.99. The van der Waals surface area contributed by atoms with E-state index < -0.39 is 17.3 Å². The van der Waals surface area contributed by atoms with Crippen molar-refractivity contribution in [2.75, 3.05) is 33.4 Å². The number of rotatable bonds is 5. The van der Waals surface area contributed by atoms with Crippen molar-refractivity contribution in [3.63, 3.8) is 0 Å². The first-order valence-corrected chi connectivity index (χ1v) is 7.75. The first-order valence-electron chi connectivity index (χ1n) is 7.75. The Balaban J connectivity index is 2.72. The smallest absolute Gasteiger partial charge is 0.319 e. The molecule has 1 amide bonds. The Morgan fingerprint density at radius 3 is 2.24 bits per heavy atom. The normalized spacial score (nSPS) is 18.4. The van der Waals surface area contributed by atoms with Crippen LogP contribution in [0.15, 0.2) is 0 Å². The van der Waals surface area contributed by atoms with Gasteiger partial charge in [0.25, 0.3) is 0 Å². The Bertz CT molecular complexity index is 354. The van der Waals surface area contributed by atoms with Gasteiger partial charge in [-0.1, -0.05) is 20.8 Å². The van der Waals surface area contributed by atoms with Gasteiger partial charge < -0.3 is 14.4 Å². The van der Waals surface area contributed by atoms with Crippen LogP contribution in [0.2, 0.25) is 0 Å². The number of ether oxygens (including phenoxy) is 2. The molecule has 1 unspecified atom stereocenters. The fourth-order valence-corrected chi connectivity index (χ4v) is 2.79. The Hall–Kier alpha value is -1.10. The molecule has 1 saturated heterocycles. The van der Waals surface area contributed by atoms with E-state index in [2.05, 4.69) is 0 Å². The van der Waals surface area contributed by atoms with Crippen LogP contribution in [0.25, 0.3) is 0 Å². The zero-order valence-corrected chi connectivity index (χ0v) is 14.0. The van der Waals surface area contributed by atoms with Gasteiger partial charge in [0, 0.05) is 26.8 Å². The molecule has 0 aromatic carbocycles. The van der Waals surface area contributed by atoms with Gasteiger partial charge in [0.05, 0.1) is 6.61 Å². The van der Waals surface area contributed by atoms with Gasteiger partial charge in [-0.3, -0.25) is 9.59 Å². The number of carbonyl (C=O) groups excluding carboxylic acids is 2. The van der Waals surface area contributed by atoms with Crippen LogP contribution in [0.3, 0.4) is 0 Å². The number of amides is 1. The molecule has 1 heterocycles. The lowest BCUT2D eigenvalue weighted by atomic mass is 9.79. The molecule has 0 radical (unpaired) electrons. The maximum atomic E-state index is 12.7. The summed E-state index contributed by atoms with van der Waals surface area (Å²) in [7, 11) is 1.70. The van der Waals surface area contributed by atoms with Gasteiger partial charge in [-0.15, -0.1) is 0 Å². The van der Waals surface area contributed by atoms with E-state index in [-0.39, 0.29) is 5.91 Å². The second kappa shape index (κ2) is 7.78. The molecular weight excluding hydrogens is 270 g/mol. The SMILES string of the molecule is CCOC(=O)C(C(=O)N1CCC(COC)CC1)C(C)(C)C. The fraction of sp³-hybridized carbons (Fsp3) is 0.875. The minimum Gasteiger partial charge on any atom is -0.465 e. The summed E-state index contributed by atoms with van der Waals surface area (Å²) in [5.41, 5.74) is -0.438. The van der Waals surface area contributed by atoms with E-state index in [1.54, 1.807) is 18.9 Å². The van der Waals surface area contributed by atoms with E-state index >= 15 is 0 Å². The molecule has 21 heavy (non-hydrogen) atoms. The van der Waals surface area contributed by atoms with Crippen molar-refractivity contribution >= 4 is 11.9 Å². The summed E-state index contributed by atoms with van der Waals surface area (Å²) in [5, 5.41) is 0. The molecule has 1 atom stereocenters. The van der Waals surface area contributed by atoms with E-state index in [1.807, 2.05) is 20.8 Å². The van der Waals surface area contributed by atoms with Crippen molar-refractivity contribution in [1.29, 1.82) is 0 Å². The average molecular weight is 299 g/mol. The number of methoxy groups -OCH3 is 1. The summed E-state index contributed by atoms with van der Waals surface area (Å²) < 4.78 is 10.3. The van der Waals surface area contributed by atoms with Gasteiger partial charge in [0.15, 0.2) is 0 Å². The number of nitrogens with zero attached hydrogens (tertiary/aromatic N) is 1. The van der Waals surface area contributed by atoms with Crippen molar-refractivity contribution in [3.05, 3.63) is 0 Å². The first kappa shape index (κ1) is 18.0. The number of hydrogen-bond donors (Lipinski definition) is 0. The van der Waals surface area contributed by atoms with Crippen LogP contribution in [0.1, 0.15) is 40.5 Å². The maximum absolute atomic E-state index is 12.7. The lowest BCUT2D eigenvalue weighted by Crippen LogP contribution is -2.48. The van der Waals surface area contributed by atoms with Crippen LogP contribution in [-0.4, -0.2) is 50.2 Å². The molecule has 5 heteroatoms. The highest BCUT2D eigenvalue weighted by atomic mass is 16.5. The second-order valence-electron chi connectivity index (χ2n) is 6.78. The largest absolute Gasteiger partial charge is 0.465 e. The van der Waals surface area contributed by atoms with Gasteiger partial charge in [0.2, 0.25) is 5.91 Å². The predicted molar refractivity (Wildman–Crippen MR) is 80.8 cm³/mol. The third-order valence-electron chi connectivity index (χ3n) is 3.96. The molecule has 1 rings (SSSR count). The molecule has 0 bridgehead atoms. The van der Waals surface area contributed by atoms with Crippen molar-refractivity contribution < 1.29 is 19.1 Å². The van der Waals surface area contributed by atoms with E-state index in [1.165, 1.54) is 0 Å². The van der Waals surface area contributed by atoms with Crippen LogP contribution in [-0.2, 0) is 19.1 Å². The predicted octanol–water partition coefficient (Wildman–Crippen LogP) is 2.10. The van der Waals surface area contributed by atoms with E-state index in [4.69, 9.17) is 9.47 Å². The monoisotopic (exact) mass is 299 g/mol. The van der Waals surface area contributed by atoms with E-state index in [0.717, 1.165) is 19.4 Å². The molecular formula is C16H29NO4. The topological polar surface area (TPSA) is 55.8 Å². The Labute approximate surface area is 128 Å². The standard InChI is InChI=1S/C16H29NO4/c1-6-21-15(19)13(16(2,3)4)14(18)17-9-7-12(8-10-17)11-20-5/h12-13H,6-11H2,1-5H3. The Morgan fingerprint density at radius 1 is 1.24 bits per heavy atom. The van der Waals surface area contributed by atoms with Gasteiger partial charge in [0.1, 0.15) is 5.92 Å². The van der Waals surface area contributed by atoms with Gasteiger partial charge >= 0.3 is 5.97 Å². The molecule has 0 aromatic rings. The molecule has 0 spiro atoms. The highest BCUT2D eigenvalue weighted by Gasteiger charge is 2.41. The lowest BCUT2D eigenvalue weighted by Gasteiger charge is -2.36. The molecule has 0 N–H and O–H groups in total. The van der Waals surface area contributed by atoms with E-state index in [9.17, 15) is 9.59 Å². The minimum atomic E-state index is -0.726. The summed E-state index contributed by atoms with van der Waals surface area (Å²) in [4.78, 5) is 26.7. The van der Waals surface area contributed by atoms with Crippen molar-refractivity contribution in [2.45, 2.75) is 40.5 Å².